The molecule has 5 aromatic carbocycles. The van der Waals surface area contributed by atoms with Crippen LogP contribution in [0.3, 0.4) is 0 Å². The molecule has 33 heavy (non-hydrogen) atoms. The lowest BCUT2D eigenvalue weighted by atomic mass is 10.1. The fourth-order valence-corrected chi connectivity index (χ4v) is 4.36. The Morgan fingerprint density at radius 2 is 0.939 bits per heavy atom. The Labute approximate surface area is 193 Å². The number of benzene rings is 5. The van der Waals surface area contributed by atoms with Gasteiger partial charge in [0.05, 0.1) is 11.4 Å². The van der Waals surface area contributed by atoms with Crippen LogP contribution in [-0.2, 0) is 0 Å². The molecular weight excluding hydrogens is 404 g/mol. The maximum absolute atomic E-state index is 6.19. The molecule has 3 heteroatoms. The second kappa shape index (κ2) is 8.21. The highest BCUT2D eigenvalue weighted by Crippen LogP contribution is 2.50. The summed E-state index contributed by atoms with van der Waals surface area (Å²) in [6.07, 6.45) is 0. The van der Waals surface area contributed by atoms with E-state index >= 15 is 0 Å². The predicted molar refractivity (Wildman–Crippen MR) is 136 cm³/mol. The van der Waals surface area contributed by atoms with Crippen molar-refractivity contribution < 1.29 is 4.74 Å². The van der Waals surface area contributed by atoms with Crippen molar-refractivity contribution in [2.45, 2.75) is 0 Å². The normalized spacial score (nSPS) is 11.8. The summed E-state index contributed by atoms with van der Waals surface area (Å²) in [6, 6.07) is 45.9. The van der Waals surface area contributed by atoms with E-state index in [2.05, 4.69) is 94.7 Å². The standard InChI is InChI=1S/C30H22N2O/c1-3-12-23(13-4-1)31(24-14-5-2-6-15-24)25-16-11-17-26(22-25)32-27-18-7-9-20-29(27)33-30-21-10-8-19-28(30)32/h1-22H. The number of nitrogens with zero attached hydrogens (tertiary/aromatic N) is 2. The zero-order chi connectivity index (χ0) is 22.0. The van der Waals surface area contributed by atoms with E-state index in [1.165, 1.54) is 0 Å². The van der Waals surface area contributed by atoms with E-state index < -0.39 is 0 Å². The molecule has 0 radical (unpaired) electrons. The fraction of sp³-hybridized carbons (Fsp3) is 0. The SMILES string of the molecule is c1ccc(N(c2ccccc2)c2cccc(N3c4ccccc4Oc4ccccc43)c2)cc1. The van der Waals surface area contributed by atoms with Crippen molar-refractivity contribution in [3.05, 3.63) is 133 Å². The average Bonchev–Trinajstić information content (AvgIpc) is 2.89. The third kappa shape index (κ3) is 3.50. The number of rotatable bonds is 4. The lowest BCUT2D eigenvalue weighted by Crippen LogP contribution is -2.16. The number of ether oxygens (including phenoxy) is 1. The minimum Gasteiger partial charge on any atom is -0.453 e. The molecule has 3 nitrogen and oxygen atoms in total. The molecule has 0 aromatic heterocycles. The Balaban J connectivity index is 1.52. The molecule has 158 valence electrons. The van der Waals surface area contributed by atoms with Gasteiger partial charge in [-0.1, -0.05) is 66.7 Å². The van der Waals surface area contributed by atoms with Gasteiger partial charge in [0, 0.05) is 22.7 Å². The summed E-state index contributed by atoms with van der Waals surface area (Å²) in [7, 11) is 0. The van der Waals surface area contributed by atoms with Gasteiger partial charge in [-0.2, -0.15) is 0 Å². The molecule has 6 rings (SSSR count). The summed E-state index contributed by atoms with van der Waals surface area (Å²) >= 11 is 0. The van der Waals surface area contributed by atoms with Crippen molar-refractivity contribution in [1.82, 2.24) is 0 Å². The van der Waals surface area contributed by atoms with E-state index in [0.717, 1.165) is 45.6 Å². The first kappa shape index (κ1) is 19.2. The van der Waals surface area contributed by atoms with Crippen LogP contribution in [0.4, 0.5) is 34.1 Å². The van der Waals surface area contributed by atoms with Crippen molar-refractivity contribution >= 4 is 34.1 Å². The minimum absolute atomic E-state index is 0.851. The Hall–Kier alpha value is -4.50. The summed E-state index contributed by atoms with van der Waals surface area (Å²) < 4.78 is 6.19. The number of anilines is 6. The van der Waals surface area contributed by atoms with Crippen molar-refractivity contribution in [2.75, 3.05) is 9.80 Å². The summed E-state index contributed by atoms with van der Waals surface area (Å²) in [5.74, 6) is 1.70. The maximum atomic E-state index is 6.19. The monoisotopic (exact) mass is 426 g/mol. The maximum Gasteiger partial charge on any atom is 0.151 e. The van der Waals surface area contributed by atoms with Crippen molar-refractivity contribution in [2.24, 2.45) is 0 Å². The lowest BCUT2D eigenvalue weighted by Gasteiger charge is -2.33. The molecular formula is C30H22N2O. The van der Waals surface area contributed by atoms with E-state index in [1.54, 1.807) is 0 Å². The lowest BCUT2D eigenvalue weighted by molar-refractivity contribution is 0.477. The Morgan fingerprint density at radius 3 is 1.52 bits per heavy atom. The summed E-state index contributed by atoms with van der Waals surface area (Å²) in [5, 5.41) is 0. The zero-order valence-corrected chi connectivity index (χ0v) is 18.0. The van der Waals surface area contributed by atoms with Gasteiger partial charge in [-0.25, -0.2) is 0 Å². The van der Waals surface area contributed by atoms with Gasteiger partial charge >= 0.3 is 0 Å². The van der Waals surface area contributed by atoms with Crippen LogP contribution in [0.2, 0.25) is 0 Å². The topological polar surface area (TPSA) is 15.7 Å². The second-order valence-electron chi connectivity index (χ2n) is 7.90. The summed E-state index contributed by atoms with van der Waals surface area (Å²) in [4.78, 5) is 4.55. The van der Waals surface area contributed by atoms with Gasteiger partial charge < -0.3 is 14.5 Å². The van der Waals surface area contributed by atoms with Crippen LogP contribution in [0, 0.1) is 0 Å². The van der Waals surface area contributed by atoms with Crippen LogP contribution in [0.25, 0.3) is 0 Å². The van der Waals surface area contributed by atoms with Crippen molar-refractivity contribution in [3.8, 4) is 11.5 Å². The molecule has 0 saturated heterocycles. The average molecular weight is 427 g/mol. The highest BCUT2D eigenvalue weighted by atomic mass is 16.5. The predicted octanol–water partition coefficient (Wildman–Crippen LogP) is 8.73. The van der Waals surface area contributed by atoms with Crippen LogP contribution in [-0.4, -0.2) is 0 Å². The van der Waals surface area contributed by atoms with Gasteiger partial charge in [-0.15, -0.1) is 0 Å². The Bertz CT molecular complexity index is 1310. The molecule has 5 aromatic rings. The first-order valence-electron chi connectivity index (χ1n) is 11.0. The van der Waals surface area contributed by atoms with Crippen LogP contribution in [0.5, 0.6) is 11.5 Å². The zero-order valence-electron chi connectivity index (χ0n) is 18.0. The molecule has 0 N–H and O–H groups in total. The first-order valence-corrected chi connectivity index (χ1v) is 11.0. The number of hydrogen-bond acceptors (Lipinski definition) is 3. The smallest absolute Gasteiger partial charge is 0.151 e. The molecule has 0 spiro atoms. The van der Waals surface area contributed by atoms with Gasteiger partial charge in [0.25, 0.3) is 0 Å². The van der Waals surface area contributed by atoms with Gasteiger partial charge in [0.15, 0.2) is 11.5 Å². The van der Waals surface area contributed by atoms with E-state index in [4.69, 9.17) is 4.74 Å². The fourth-order valence-electron chi connectivity index (χ4n) is 4.36. The largest absolute Gasteiger partial charge is 0.453 e. The van der Waals surface area contributed by atoms with Crippen LogP contribution < -0.4 is 14.5 Å². The highest BCUT2D eigenvalue weighted by Gasteiger charge is 2.25. The number of hydrogen-bond donors (Lipinski definition) is 0. The van der Waals surface area contributed by atoms with Gasteiger partial charge in [0.2, 0.25) is 0 Å². The summed E-state index contributed by atoms with van der Waals surface area (Å²) in [6.45, 7) is 0. The quantitative estimate of drug-likeness (QED) is 0.280. The van der Waals surface area contributed by atoms with E-state index in [9.17, 15) is 0 Å². The highest BCUT2D eigenvalue weighted by molar-refractivity contribution is 5.88. The molecule has 0 fully saturated rings. The van der Waals surface area contributed by atoms with E-state index in [0.29, 0.717) is 0 Å². The van der Waals surface area contributed by atoms with Gasteiger partial charge in [0.1, 0.15) is 0 Å². The third-order valence-corrected chi connectivity index (χ3v) is 5.81. The van der Waals surface area contributed by atoms with Crippen molar-refractivity contribution in [3.63, 3.8) is 0 Å². The minimum atomic E-state index is 0.851. The summed E-state index contributed by atoms with van der Waals surface area (Å²) in [5.41, 5.74) is 6.45. The van der Waals surface area contributed by atoms with Crippen LogP contribution >= 0.6 is 0 Å². The van der Waals surface area contributed by atoms with Crippen molar-refractivity contribution in [1.29, 1.82) is 0 Å². The van der Waals surface area contributed by atoms with Crippen LogP contribution in [0.15, 0.2) is 133 Å². The van der Waals surface area contributed by atoms with Gasteiger partial charge in [-0.3, -0.25) is 0 Å². The molecule has 1 heterocycles. The third-order valence-electron chi connectivity index (χ3n) is 5.81. The molecule has 0 amide bonds. The molecule has 0 bridgehead atoms. The molecule has 0 unspecified atom stereocenters. The number of para-hydroxylation sites is 6. The molecule has 0 aliphatic carbocycles. The van der Waals surface area contributed by atoms with E-state index in [-0.39, 0.29) is 0 Å². The molecule has 1 aliphatic rings. The number of fused-ring (bicyclic) bond motifs is 2. The van der Waals surface area contributed by atoms with E-state index in [1.807, 2.05) is 48.5 Å². The van der Waals surface area contributed by atoms with Gasteiger partial charge in [-0.05, 0) is 66.7 Å². The Morgan fingerprint density at radius 1 is 0.455 bits per heavy atom. The molecule has 0 saturated carbocycles. The Kier molecular flexibility index (Phi) is 4.78. The molecule has 1 aliphatic heterocycles. The molecule has 0 atom stereocenters. The second-order valence-corrected chi connectivity index (χ2v) is 7.90. The first-order chi connectivity index (χ1) is 16.4. The van der Waals surface area contributed by atoms with Crippen LogP contribution in [0.1, 0.15) is 0 Å².